The summed E-state index contributed by atoms with van der Waals surface area (Å²) in [4.78, 5) is 17.1. The second-order valence-corrected chi connectivity index (χ2v) is 8.35. The van der Waals surface area contributed by atoms with E-state index in [1.807, 2.05) is 60.3 Å². The Labute approximate surface area is 169 Å². The van der Waals surface area contributed by atoms with Gasteiger partial charge in [-0.3, -0.25) is 9.79 Å². The van der Waals surface area contributed by atoms with E-state index in [1.54, 1.807) is 18.9 Å². The third-order valence-electron chi connectivity index (χ3n) is 4.21. The van der Waals surface area contributed by atoms with Crippen LogP contribution in [-0.4, -0.2) is 29.7 Å². The molecule has 3 rings (SSSR count). The van der Waals surface area contributed by atoms with E-state index in [1.165, 1.54) is 12.0 Å². The highest BCUT2D eigenvalue weighted by atomic mass is 32.2. The smallest absolute Gasteiger partial charge is 0.257 e. The monoisotopic (exact) mass is 400 g/mol. The zero-order chi connectivity index (χ0) is 19.1. The molecule has 0 bridgehead atoms. The van der Waals surface area contributed by atoms with Crippen molar-refractivity contribution in [3.63, 3.8) is 0 Å². The molecule has 142 valence electrons. The molecule has 1 unspecified atom stereocenters. The summed E-state index contributed by atoms with van der Waals surface area (Å²) in [5.41, 5.74) is 3.04. The highest BCUT2D eigenvalue weighted by Crippen LogP contribution is 2.30. The number of ether oxygens (including phenoxy) is 1. The highest BCUT2D eigenvalue weighted by Gasteiger charge is 2.21. The number of hydrogen-bond acceptors (Lipinski definition) is 5. The van der Waals surface area contributed by atoms with Gasteiger partial charge in [-0.25, -0.2) is 0 Å². The lowest BCUT2D eigenvalue weighted by molar-refractivity contribution is 0.0978. The molecular formula is C21H24N2O2S2. The third-order valence-corrected chi connectivity index (χ3v) is 6.40. The average Bonchev–Trinajstić information content (AvgIpc) is 3.17. The van der Waals surface area contributed by atoms with Crippen molar-refractivity contribution in [2.75, 3.05) is 18.6 Å². The number of benzene rings is 2. The van der Waals surface area contributed by atoms with Gasteiger partial charge >= 0.3 is 0 Å². The summed E-state index contributed by atoms with van der Waals surface area (Å²) in [6.45, 7) is 2.18. The number of amides is 1. The fourth-order valence-corrected chi connectivity index (χ4v) is 4.51. The Kier molecular flexibility index (Phi) is 7.24. The summed E-state index contributed by atoms with van der Waals surface area (Å²) in [5.74, 6) is 3.70. The molecule has 0 fully saturated rings. The first-order chi connectivity index (χ1) is 13.2. The van der Waals surface area contributed by atoms with E-state index in [2.05, 4.69) is 17.2 Å². The van der Waals surface area contributed by atoms with Gasteiger partial charge in [-0.15, -0.1) is 0 Å². The zero-order valence-electron chi connectivity index (χ0n) is 15.6. The minimum Gasteiger partial charge on any atom is -0.497 e. The first-order valence-electron chi connectivity index (χ1n) is 9.02. The van der Waals surface area contributed by atoms with E-state index in [-0.39, 0.29) is 11.9 Å². The third kappa shape index (κ3) is 5.53. The molecule has 1 heterocycles. The van der Waals surface area contributed by atoms with Crippen LogP contribution < -0.4 is 10.1 Å². The molecule has 0 saturated carbocycles. The Balaban J connectivity index is 1.57. The number of methoxy groups -OCH3 is 1. The van der Waals surface area contributed by atoms with Crippen LogP contribution in [0.3, 0.4) is 0 Å². The molecule has 27 heavy (non-hydrogen) atoms. The lowest BCUT2D eigenvalue weighted by Gasteiger charge is -2.07. The van der Waals surface area contributed by atoms with Crippen molar-refractivity contribution in [3.8, 4) is 5.75 Å². The molecule has 1 N–H and O–H groups in total. The summed E-state index contributed by atoms with van der Waals surface area (Å²) in [6, 6.07) is 15.8. The molecule has 1 aliphatic heterocycles. The van der Waals surface area contributed by atoms with Gasteiger partial charge in [0.1, 0.15) is 5.75 Å². The van der Waals surface area contributed by atoms with Crippen LogP contribution in [0.4, 0.5) is 0 Å². The minimum atomic E-state index is -0.107. The second-order valence-electron chi connectivity index (χ2n) is 6.24. The van der Waals surface area contributed by atoms with Crippen LogP contribution in [-0.2, 0) is 5.75 Å². The Morgan fingerprint density at radius 1 is 1.22 bits per heavy atom. The van der Waals surface area contributed by atoms with Crippen molar-refractivity contribution in [1.29, 1.82) is 0 Å². The molecule has 1 amide bonds. The van der Waals surface area contributed by atoms with E-state index in [4.69, 9.17) is 4.74 Å². The lowest BCUT2D eigenvalue weighted by atomic mass is 10.1. The molecule has 2 aromatic rings. The Morgan fingerprint density at radius 3 is 2.63 bits per heavy atom. The molecule has 0 saturated heterocycles. The Morgan fingerprint density at radius 2 is 1.96 bits per heavy atom. The maximum atomic E-state index is 12.5. The van der Waals surface area contributed by atoms with E-state index in [9.17, 15) is 4.79 Å². The minimum absolute atomic E-state index is 0.0640. The van der Waals surface area contributed by atoms with Crippen LogP contribution in [0.1, 0.15) is 40.9 Å². The molecule has 0 radical (unpaired) electrons. The summed E-state index contributed by atoms with van der Waals surface area (Å²) in [5, 5.41) is 3.62. The fraction of sp³-hybridized carbons (Fsp3) is 0.333. The summed E-state index contributed by atoms with van der Waals surface area (Å²) in [7, 11) is 1.66. The number of hydrogen-bond donors (Lipinski definition) is 1. The van der Waals surface area contributed by atoms with Crippen LogP contribution >= 0.6 is 23.5 Å². The van der Waals surface area contributed by atoms with Crippen LogP contribution in [0.15, 0.2) is 53.5 Å². The van der Waals surface area contributed by atoms with Gasteiger partial charge in [-0.2, -0.15) is 11.8 Å². The first kappa shape index (κ1) is 19.8. The first-order valence-corrected chi connectivity index (χ1v) is 11.2. The number of aliphatic imine (C=N–C) groups is 1. The van der Waals surface area contributed by atoms with Gasteiger partial charge < -0.3 is 10.1 Å². The number of nitrogens with zero attached hydrogens (tertiary/aromatic N) is 1. The van der Waals surface area contributed by atoms with Gasteiger partial charge in [0.05, 0.1) is 13.2 Å². The molecule has 1 aliphatic rings. The predicted molar refractivity (Wildman–Crippen MR) is 116 cm³/mol. The van der Waals surface area contributed by atoms with Gasteiger partial charge in [0, 0.05) is 17.1 Å². The predicted octanol–water partition coefficient (Wildman–Crippen LogP) is 4.91. The molecule has 1 atom stereocenters. The summed E-state index contributed by atoms with van der Waals surface area (Å²) < 4.78 is 5.19. The quantitative estimate of drug-likeness (QED) is 0.671. The van der Waals surface area contributed by atoms with Gasteiger partial charge in [-0.1, -0.05) is 43.0 Å². The van der Waals surface area contributed by atoms with E-state index in [0.29, 0.717) is 10.7 Å². The molecule has 0 aliphatic carbocycles. The number of carbonyl (C=O) groups excluding carboxylic acids is 1. The molecule has 6 heteroatoms. The average molecular weight is 401 g/mol. The van der Waals surface area contributed by atoms with Gasteiger partial charge in [0.2, 0.25) is 0 Å². The SMILES string of the molecule is CCCSCc1ccc(C(=O)NC2=NC(c3ccc(OC)cc3)CS2)cc1. The molecule has 0 spiro atoms. The van der Waals surface area contributed by atoms with Crippen molar-refractivity contribution >= 4 is 34.6 Å². The normalized spacial score (nSPS) is 16.1. The van der Waals surface area contributed by atoms with Crippen LogP contribution in [0.5, 0.6) is 5.75 Å². The van der Waals surface area contributed by atoms with Crippen molar-refractivity contribution in [2.24, 2.45) is 4.99 Å². The summed E-state index contributed by atoms with van der Waals surface area (Å²) in [6.07, 6.45) is 1.18. The van der Waals surface area contributed by atoms with Gasteiger partial charge in [-0.05, 0) is 47.6 Å². The number of amidine groups is 1. The second kappa shape index (κ2) is 9.85. The van der Waals surface area contributed by atoms with E-state index < -0.39 is 0 Å². The van der Waals surface area contributed by atoms with Crippen LogP contribution in [0, 0.1) is 0 Å². The zero-order valence-corrected chi connectivity index (χ0v) is 17.2. The van der Waals surface area contributed by atoms with Crippen LogP contribution in [0.25, 0.3) is 0 Å². The van der Waals surface area contributed by atoms with Gasteiger partial charge in [0.25, 0.3) is 5.91 Å². The van der Waals surface area contributed by atoms with E-state index >= 15 is 0 Å². The van der Waals surface area contributed by atoms with Crippen molar-refractivity contribution < 1.29 is 9.53 Å². The van der Waals surface area contributed by atoms with E-state index in [0.717, 1.165) is 28.6 Å². The number of thioether (sulfide) groups is 2. The van der Waals surface area contributed by atoms with Gasteiger partial charge in [0.15, 0.2) is 5.17 Å². The molecular weight excluding hydrogens is 376 g/mol. The number of rotatable bonds is 7. The van der Waals surface area contributed by atoms with Crippen molar-refractivity contribution in [1.82, 2.24) is 5.32 Å². The summed E-state index contributed by atoms with van der Waals surface area (Å²) >= 11 is 3.49. The lowest BCUT2D eigenvalue weighted by Crippen LogP contribution is -2.27. The Hall–Kier alpha value is -1.92. The standard InChI is InChI=1S/C21H24N2O2S2/c1-3-12-26-13-15-4-6-17(7-5-15)20(24)23-21-22-19(14-27-21)16-8-10-18(25-2)11-9-16/h4-11,19H,3,12-14H2,1-2H3,(H,22,23,24). The molecule has 2 aromatic carbocycles. The fourth-order valence-electron chi connectivity index (χ4n) is 2.70. The highest BCUT2D eigenvalue weighted by molar-refractivity contribution is 8.14. The molecule has 0 aromatic heterocycles. The number of carbonyl (C=O) groups is 1. The maximum absolute atomic E-state index is 12.5. The Bertz CT molecular complexity index is 789. The van der Waals surface area contributed by atoms with Crippen molar-refractivity contribution in [2.45, 2.75) is 25.1 Å². The number of nitrogens with one attached hydrogen (secondary N) is 1. The maximum Gasteiger partial charge on any atom is 0.257 e. The van der Waals surface area contributed by atoms with Crippen LogP contribution in [0.2, 0.25) is 0 Å². The molecule has 4 nitrogen and oxygen atoms in total. The topological polar surface area (TPSA) is 50.7 Å². The largest absolute Gasteiger partial charge is 0.497 e. The van der Waals surface area contributed by atoms with Crippen molar-refractivity contribution in [3.05, 3.63) is 65.2 Å².